The lowest BCUT2D eigenvalue weighted by molar-refractivity contribution is 0.0168. The summed E-state index contributed by atoms with van der Waals surface area (Å²) in [5, 5.41) is 23.8. The van der Waals surface area contributed by atoms with Crippen LogP contribution in [0.1, 0.15) is 24.2 Å². The molecular weight excluding hydrogens is 303 g/mol. The lowest BCUT2D eigenvalue weighted by atomic mass is 9.94. The number of aromatic nitrogens is 2. The van der Waals surface area contributed by atoms with E-state index in [1.54, 1.807) is 7.11 Å². The van der Waals surface area contributed by atoms with E-state index in [1.165, 1.54) is 0 Å². The van der Waals surface area contributed by atoms with Crippen LogP contribution >= 0.6 is 24.8 Å². The second-order valence-corrected chi connectivity index (χ2v) is 4.93. The minimum Gasteiger partial charge on any atom is -0.387 e. The second kappa shape index (κ2) is 9.55. The maximum Gasteiger partial charge on any atom is 0.0895 e. The average Bonchev–Trinajstić information content (AvgIpc) is 2.78. The van der Waals surface area contributed by atoms with Crippen molar-refractivity contribution in [2.24, 2.45) is 0 Å². The molecular formula is C12H24Cl2N4O2. The molecule has 8 heteroatoms. The van der Waals surface area contributed by atoms with Gasteiger partial charge in [0.1, 0.15) is 0 Å². The van der Waals surface area contributed by atoms with Crippen molar-refractivity contribution in [3.63, 3.8) is 0 Å². The van der Waals surface area contributed by atoms with Gasteiger partial charge in [-0.2, -0.15) is 5.10 Å². The minimum atomic E-state index is -0.621. The van der Waals surface area contributed by atoms with Crippen molar-refractivity contribution in [1.82, 2.24) is 20.8 Å². The van der Waals surface area contributed by atoms with Gasteiger partial charge in [0.2, 0.25) is 0 Å². The number of aliphatic hydroxyl groups is 1. The van der Waals surface area contributed by atoms with Crippen LogP contribution in [0.3, 0.4) is 0 Å². The number of H-pyrrole nitrogens is 1. The topological polar surface area (TPSA) is 82.2 Å². The van der Waals surface area contributed by atoms with Gasteiger partial charge in [-0.05, 0) is 25.5 Å². The molecule has 6 nitrogen and oxygen atoms in total. The van der Waals surface area contributed by atoms with Gasteiger partial charge >= 0.3 is 0 Å². The van der Waals surface area contributed by atoms with Gasteiger partial charge in [0, 0.05) is 26.7 Å². The summed E-state index contributed by atoms with van der Waals surface area (Å²) in [4.78, 5) is 0. The average molecular weight is 327 g/mol. The molecule has 118 valence electrons. The van der Waals surface area contributed by atoms with Crippen LogP contribution in [-0.2, 0) is 17.9 Å². The van der Waals surface area contributed by atoms with E-state index in [1.807, 2.05) is 6.07 Å². The predicted octanol–water partition coefficient (Wildman–Crippen LogP) is 0.604. The van der Waals surface area contributed by atoms with E-state index < -0.39 is 5.60 Å². The molecule has 0 aliphatic carbocycles. The third-order valence-corrected chi connectivity index (χ3v) is 3.19. The molecule has 4 N–H and O–H groups in total. The number of piperidine rings is 1. The van der Waals surface area contributed by atoms with Gasteiger partial charge in [-0.25, -0.2) is 0 Å². The molecule has 0 amide bonds. The first-order chi connectivity index (χ1) is 8.72. The monoisotopic (exact) mass is 326 g/mol. The fraction of sp³-hybridized carbons (Fsp3) is 0.750. The fourth-order valence-corrected chi connectivity index (χ4v) is 2.26. The summed E-state index contributed by atoms with van der Waals surface area (Å²) in [6.45, 7) is 3.45. The predicted molar refractivity (Wildman–Crippen MR) is 82.6 cm³/mol. The first kappa shape index (κ1) is 19.6. The number of nitrogens with zero attached hydrogens (tertiary/aromatic N) is 1. The molecule has 1 aromatic heterocycles. The van der Waals surface area contributed by atoms with Crippen LogP contribution in [0.4, 0.5) is 0 Å². The molecule has 0 aromatic carbocycles. The molecule has 20 heavy (non-hydrogen) atoms. The van der Waals surface area contributed by atoms with Crippen LogP contribution in [0, 0.1) is 0 Å². The number of methoxy groups -OCH3 is 1. The van der Waals surface area contributed by atoms with Gasteiger partial charge in [0.25, 0.3) is 0 Å². The molecule has 2 rings (SSSR count). The fourth-order valence-electron chi connectivity index (χ4n) is 2.26. The van der Waals surface area contributed by atoms with E-state index in [4.69, 9.17) is 4.74 Å². The van der Waals surface area contributed by atoms with Crippen LogP contribution in [0.25, 0.3) is 0 Å². The summed E-state index contributed by atoms with van der Waals surface area (Å²) in [6.07, 6.45) is 1.88. The number of halogens is 2. The molecule has 0 saturated carbocycles. The lowest BCUT2D eigenvalue weighted by Crippen LogP contribution is -2.51. The highest BCUT2D eigenvalue weighted by Crippen LogP contribution is 2.14. The largest absolute Gasteiger partial charge is 0.387 e. The highest BCUT2D eigenvalue weighted by atomic mass is 35.5. The summed E-state index contributed by atoms with van der Waals surface area (Å²) in [5.41, 5.74) is 1.28. The van der Waals surface area contributed by atoms with Gasteiger partial charge in [0.15, 0.2) is 0 Å². The highest BCUT2D eigenvalue weighted by Gasteiger charge is 2.28. The summed E-state index contributed by atoms with van der Waals surface area (Å²) in [7, 11) is 1.66. The maximum atomic E-state index is 10.3. The molecule has 1 saturated heterocycles. The molecule has 1 aromatic rings. The maximum absolute atomic E-state index is 10.3. The van der Waals surface area contributed by atoms with Crippen molar-refractivity contribution in [2.75, 3.05) is 26.7 Å². The summed E-state index contributed by atoms with van der Waals surface area (Å²) in [6, 6.07) is 1.97. The van der Waals surface area contributed by atoms with Crippen molar-refractivity contribution in [3.8, 4) is 0 Å². The first-order valence-electron chi connectivity index (χ1n) is 6.38. The Morgan fingerprint density at radius 3 is 2.95 bits per heavy atom. The van der Waals surface area contributed by atoms with E-state index >= 15 is 0 Å². The number of β-amino-alcohol motifs (C(OH)–C–C–N with tert-alkyl or cyclic N) is 1. The molecule has 1 fully saturated rings. The van der Waals surface area contributed by atoms with Crippen LogP contribution in [0.5, 0.6) is 0 Å². The molecule has 1 atom stereocenters. The molecule has 2 heterocycles. The lowest BCUT2D eigenvalue weighted by Gasteiger charge is -2.32. The SMILES string of the molecule is COCc1cc(CNCC2(O)CCCNC2)n[nH]1.Cl.Cl. The zero-order valence-electron chi connectivity index (χ0n) is 11.6. The highest BCUT2D eigenvalue weighted by molar-refractivity contribution is 5.85. The van der Waals surface area contributed by atoms with E-state index in [-0.39, 0.29) is 24.8 Å². The zero-order valence-corrected chi connectivity index (χ0v) is 13.3. The van der Waals surface area contributed by atoms with Crippen molar-refractivity contribution >= 4 is 24.8 Å². The zero-order chi connectivity index (χ0) is 12.8. The number of hydrogen-bond donors (Lipinski definition) is 4. The second-order valence-electron chi connectivity index (χ2n) is 4.93. The Labute approximate surface area is 131 Å². The van der Waals surface area contributed by atoms with Gasteiger partial charge < -0.3 is 20.5 Å². The molecule has 0 bridgehead atoms. The summed E-state index contributed by atoms with van der Waals surface area (Å²) >= 11 is 0. The van der Waals surface area contributed by atoms with Gasteiger partial charge in [-0.15, -0.1) is 24.8 Å². The van der Waals surface area contributed by atoms with Crippen molar-refractivity contribution in [2.45, 2.75) is 31.6 Å². The third-order valence-electron chi connectivity index (χ3n) is 3.19. The Balaban J connectivity index is 0.00000180. The van der Waals surface area contributed by atoms with E-state index in [0.717, 1.165) is 30.8 Å². The Kier molecular flexibility index (Phi) is 9.37. The first-order valence-corrected chi connectivity index (χ1v) is 6.38. The Morgan fingerprint density at radius 2 is 2.30 bits per heavy atom. The third kappa shape index (κ3) is 5.95. The van der Waals surface area contributed by atoms with Gasteiger partial charge in [-0.1, -0.05) is 0 Å². The van der Waals surface area contributed by atoms with E-state index in [2.05, 4.69) is 20.8 Å². The Bertz CT molecular complexity index is 370. The standard InChI is InChI=1S/C12H22N4O2.2ClH/c1-18-7-11-5-10(15-16-11)6-14-9-12(17)3-2-4-13-8-12;;/h5,13-14,17H,2-4,6-9H2,1H3,(H,15,16);2*1H. The van der Waals surface area contributed by atoms with E-state index in [9.17, 15) is 5.11 Å². The minimum absolute atomic E-state index is 0. The van der Waals surface area contributed by atoms with Crippen LogP contribution < -0.4 is 10.6 Å². The van der Waals surface area contributed by atoms with Crippen molar-refractivity contribution < 1.29 is 9.84 Å². The molecule has 1 unspecified atom stereocenters. The van der Waals surface area contributed by atoms with Gasteiger partial charge in [0.05, 0.1) is 23.6 Å². The normalized spacial score (nSPS) is 21.9. The smallest absolute Gasteiger partial charge is 0.0895 e. The van der Waals surface area contributed by atoms with E-state index in [0.29, 0.717) is 26.2 Å². The molecule has 1 aliphatic rings. The number of aromatic amines is 1. The van der Waals surface area contributed by atoms with Gasteiger partial charge in [-0.3, -0.25) is 5.10 Å². The molecule has 0 radical (unpaired) electrons. The molecule has 0 spiro atoms. The number of nitrogens with one attached hydrogen (secondary N) is 3. The van der Waals surface area contributed by atoms with Crippen molar-refractivity contribution in [1.29, 1.82) is 0 Å². The van der Waals surface area contributed by atoms with Crippen molar-refractivity contribution in [3.05, 3.63) is 17.5 Å². The van der Waals surface area contributed by atoms with Crippen LogP contribution in [0.2, 0.25) is 0 Å². The number of hydrogen-bond acceptors (Lipinski definition) is 5. The Morgan fingerprint density at radius 1 is 1.50 bits per heavy atom. The quantitative estimate of drug-likeness (QED) is 0.615. The number of ether oxygens (including phenoxy) is 1. The van der Waals surface area contributed by atoms with Crippen LogP contribution in [0.15, 0.2) is 6.07 Å². The summed E-state index contributed by atoms with van der Waals surface area (Å²) in [5.74, 6) is 0. The number of rotatable bonds is 6. The molecule has 1 aliphatic heterocycles. The Hall–Kier alpha value is -0.370. The van der Waals surface area contributed by atoms with Crippen LogP contribution in [-0.4, -0.2) is 47.6 Å². The summed E-state index contributed by atoms with van der Waals surface area (Å²) < 4.78 is 5.02.